The number of rotatable bonds is 3. The van der Waals surface area contributed by atoms with Crippen LogP contribution in [0.25, 0.3) is 0 Å². The predicted molar refractivity (Wildman–Crippen MR) is 49.0 cm³/mol. The van der Waals surface area contributed by atoms with Gasteiger partial charge in [-0.1, -0.05) is 13.8 Å². The van der Waals surface area contributed by atoms with E-state index in [4.69, 9.17) is 5.11 Å². The molecule has 0 radical (unpaired) electrons. The zero-order chi connectivity index (χ0) is 8.82. The van der Waals surface area contributed by atoms with Crippen LogP contribution in [0.1, 0.15) is 26.7 Å². The van der Waals surface area contributed by atoms with Crippen LogP contribution in [0, 0.1) is 10.8 Å². The van der Waals surface area contributed by atoms with E-state index in [0.29, 0.717) is 17.4 Å². The predicted octanol–water partition coefficient (Wildman–Crippen LogP) is 1.10. The smallest absolute Gasteiger partial charge is 0.0499 e. The third kappa shape index (κ3) is 1.50. The summed E-state index contributed by atoms with van der Waals surface area (Å²) in [5.74, 6) is 0. The molecule has 0 bridgehead atoms. The van der Waals surface area contributed by atoms with E-state index in [0.717, 1.165) is 6.54 Å². The molecule has 2 nitrogen and oxygen atoms in total. The topological polar surface area (TPSA) is 23.5 Å². The third-order valence-corrected chi connectivity index (χ3v) is 3.15. The third-order valence-electron chi connectivity index (χ3n) is 3.15. The van der Waals surface area contributed by atoms with Gasteiger partial charge in [-0.25, -0.2) is 0 Å². The molecule has 70 valence electrons. The molecule has 0 aromatic rings. The standard InChI is InChI=1S/C10H19NO/c1-9(2)5-11(6-9)7-10(8-12)3-4-10/h12H,3-8H2,1-2H3. The Kier molecular flexibility index (Phi) is 1.74. The van der Waals surface area contributed by atoms with Crippen molar-refractivity contribution in [1.82, 2.24) is 4.90 Å². The Balaban J connectivity index is 1.76. The lowest BCUT2D eigenvalue weighted by molar-refractivity contribution is 0.00500. The lowest BCUT2D eigenvalue weighted by Crippen LogP contribution is -2.54. The van der Waals surface area contributed by atoms with Crippen molar-refractivity contribution >= 4 is 0 Å². The summed E-state index contributed by atoms with van der Waals surface area (Å²) in [4.78, 5) is 2.48. The second-order valence-corrected chi connectivity index (χ2v) is 5.47. The summed E-state index contributed by atoms with van der Waals surface area (Å²) in [7, 11) is 0. The maximum atomic E-state index is 9.13. The van der Waals surface area contributed by atoms with Crippen molar-refractivity contribution in [2.75, 3.05) is 26.2 Å². The number of nitrogens with zero attached hydrogens (tertiary/aromatic N) is 1. The fourth-order valence-corrected chi connectivity index (χ4v) is 2.29. The fraction of sp³-hybridized carbons (Fsp3) is 1.00. The van der Waals surface area contributed by atoms with Gasteiger partial charge < -0.3 is 10.0 Å². The van der Waals surface area contributed by atoms with Gasteiger partial charge >= 0.3 is 0 Å². The largest absolute Gasteiger partial charge is 0.396 e. The maximum Gasteiger partial charge on any atom is 0.0499 e. The van der Waals surface area contributed by atoms with Gasteiger partial charge in [0.15, 0.2) is 0 Å². The quantitative estimate of drug-likeness (QED) is 0.684. The molecule has 1 saturated carbocycles. The van der Waals surface area contributed by atoms with E-state index in [1.54, 1.807) is 0 Å². The fourth-order valence-electron chi connectivity index (χ4n) is 2.29. The highest BCUT2D eigenvalue weighted by molar-refractivity contribution is 4.99. The van der Waals surface area contributed by atoms with Gasteiger partial charge in [-0.05, 0) is 18.3 Å². The average molecular weight is 169 g/mol. The Bertz CT molecular complexity index is 176. The minimum atomic E-state index is 0.316. The molecule has 2 aliphatic rings. The molecule has 0 spiro atoms. The van der Waals surface area contributed by atoms with E-state index < -0.39 is 0 Å². The second kappa shape index (κ2) is 2.46. The summed E-state index contributed by atoms with van der Waals surface area (Å²) in [6, 6.07) is 0. The first-order valence-electron chi connectivity index (χ1n) is 4.89. The molecule has 1 aliphatic heterocycles. The zero-order valence-corrected chi connectivity index (χ0v) is 8.14. The van der Waals surface area contributed by atoms with Gasteiger partial charge in [-0.15, -0.1) is 0 Å². The van der Waals surface area contributed by atoms with Gasteiger partial charge in [0, 0.05) is 31.7 Å². The molecule has 2 heteroatoms. The first kappa shape index (κ1) is 8.52. The van der Waals surface area contributed by atoms with Crippen molar-refractivity contribution in [3.8, 4) is 0 Å². The van der Waals surface area contributed by atoms with Gasteiger partial charge in [0.2, 0.25) is 0 Å². The van der Waals surface area contributed by atoms with Crippen molar-refractivity contribution < 1.29 is 5.11 Å². The zero-order valence-electron chi connectivity index (χ0n) is 8.14. The lowest BCUT2D eigenvalue weighted by atomic mass is 9.83. The van der Waals surface area contributed by atoms with Gasteiger partial charge in [-0.2, -0.15) is 0 Å². The average Bonchev–Trinajstić information content (AvgIpc) is 2.66. The van der Waals surface area contributed by atoms with Crippen molar-refractivity contribution in [2.45, 2.75) is 26.7 Å². The Morgan fingerprint density at radius 3 is 2.17 bits per heavy atom. The number of likely N-dealkylation sites (tertiary alicyclic amines) is 1. The Morgan fingerprint density at radius 2 is 1.83 bits per heavy atom. The van der Waals surface area contributed by atoms with Crippen molar-refractivity contribution in [1.29, 1.82) is 0 Å². The molecule has 0 atom stereocenters. The number of aliphatic hydroxyl groups excluding tert-OH is 1. The summed E-state index contributed by atoms with van der Waals surface area (Å²) in [5.41, 5.74) is 0.849. The summed E-state index contributed by atoms with van der Waals surface area (Å²) in [6.45, 7) is 8.57. The second-order valence-electron chi connectivity index (χ2n) is 5.47. The van der Waals surface area contributed by atoms with E-state index in [1.807, 2.05) is 0 Å². The van der Waals surface area contributed by atoms with Gasteiger partial charge in [0.05, 0.1) is 0 Å². The minimum Gasteiger partial charge on any atom is -0.396 e. The lowest BCUT2D eigenvalue weighted by Gasteiger charge is -2.47. The molecule has 12 heavy (non-hydrogen) atoms. The van der Waals surface area contributed by atoms with Crippen LogP contribution in [0.15, 0.2) is 0 Å². The van der Waals surface area contributed by atoms with Crippen LogP contribution in [0.2, 0.25) is 0 Å². The van der Waals surface area contributed by atoms with Crippen LogP contribution >= 0.6 is 0 Å². The van der Waals surface area contributed by atoms with Crippen LogP contribution in [0.4, 0.5) is 0 Å². The van der Waals surface area contributed by atoms with Crippen LogP contribution < -0.4 is 0 Å². The van der Waals surface area contributed by atoms with E-state index >= 15 is 0 Å². The molecule has 2 fully saturated rings. The van der Waals surface area contributed by atoms with E-state index in [-0.39, 0.29) is 0 Å². The summed E-state index contributed by atoms with van der Waals surface area (Å²) < 4.78 is 0. The molecule has 1 heterocycles. The van der Waals surface area contributed by atoms with Gasteiger partial charge in [0.25, 0.3) is 0 Å². The highest BCUT2D eigenvalue weighted by Crippen LogP contribution is 2.47. The summed E-state index contributed by atoms with van der Waals surface area (Å²) in [5, 5.41) is 9.13. The maximum absolute atomic E-state index is 9.13. The van der Waals surface area contributed by atoms with E-state index in [9.17, 15) is 0 Å². The monoisotopic (exact) mass is 169 g/mol. The highest BCUT2D eigenvalue weighted by atomic mass is 16.3. The van der Waals surface area contributed by atoms with Crippen molar-refractivity contribution in [2.24, 2.45) is 10.8 Å². The van der Waals surface area contributed by atoms with Crippen molar-refractivity contribution in [3.63, 3.8) is 0 Å². The Hall–Kier alpha value is -0.0800. The number of hydrogen-bond acceptors (Lipinski definition) is 2. The molecular weight excluding hydrogens is 150 g/mol. The normalized spacial score (nSPS) is 31.2. The Labute approximate surface area is 74.6 Å². The van der Waals surface area contributed by atoms with Crippen LogP contribution in [0.5, 0.6) is 0 Å². The molecular formula is C10H19NO. The minimum absolute atomic E-state index is 0.316. The molecule has 0 aromatic carbocycles. The summed E-state index contributed by atoms with van der Waals surface area (Å²) >= 11 is 0. The van der Waals surface area contributed by atoms with Crippen LogP contribution in [0.3, 0.4) is 0 Å². The van der Waals surface area contributed by atoms with E-state index in [2.05, 4.69) is 18.7 Å². The molecule has 1 aliphatic carbocycles. The number of aliphatic hydroxyl groups is 1. The molecule has 0 amide bonds. The first-order valence-corrected chi connectivity index (χ1v) is 4.89. The first-order chi connectivity index (χ1) is 5.55. The molecule has 2 rings (SSSR count). The molecule has 1 saturated heterocycles. The van der Waals surface area contributed by atoms with Gasteiger partial charge in [-0.3, -0.25) is 0 Å². The highest BCUT2D eigenvalue weighted by Gasteiger charge is 2.46. The number of hydrogen-bond donors (Lipinski definition) is 1. The molecule has 0 aromatic heterocycles. The summed E-state index contributed by atoms with van der Waals surface area (Å²) in [6.07, 6.45) is 2.47. The SMILES string of the molecule is CC1(C)CN(CC2(CO)CC2)C1. The van der Waals surface area contributed by atoms with Gasteiger partial charge in [0.1, 0.15) is 0 Å². The molecule has 0 unspecified atom stereocenters. The van der Waals surface area contributed by atoms with Crippen LogP contribution in [-0.2, 0) is 0 Å². The van der Waals surface area contributed by atoms with Crippen LogP contribution in [-0.4, -0.2) is 36.2 Å². The Morgan fingerprint density at radius 1 is 1.25 bits per heavy atom. The molecule has 1 N–H and O–H groups in total. The van der Waals surface area contributed by atoms with E-state index in [1.165, 1.54) is 25.9 Å². The van der Waals surface area contributed by atoms with Crippen molar-refractivity contribution in [3.05, 3.63) is 0 Å².